The summed E-state index contributed by atoms with van der Waals surface area (Å²) in [6.45, 7) is 12.6. The van der Waals surface area contributed by atoms with Gasteiger partial charge in [-0.2, -0.15) is 0 Å². The Balaban J connectivity index is 2.23. The van der Waals surface area contributed by atoms with E-state index in [1.807, 2.05) is 13.8 Å². The van der Waals surface area contributed by atoms with E-state index >= 15 is 0 Å². The Morgan fingerprint density at radius 2 is 1.71 bits per heavy atom. The van der Waals surface area contributed by atoms with Crippen LogP contribution in [-0.4, -0.2) is 61.0 Å². The van der Waals surface area contributed by atoms with Crippen LogP contribution >= 0.6 is 11.6 Å². The van der Waals surface area contributed by atoms with Gasteiger partial charge in [0.1, 0.15) is 0 Å². The molecule has 1 amide bonds. The third kappa shape index (κ3) is 6.05. The second kappa shape index (κ2) is 6.99. The molecule has 4 nitrogen and oxygen atoms in total. The normalized spacial score (nSPS) is 18.4. The van der Waals surface area contributed by atoms with Gasteiger partial charge in [0.2, 0.25) is 5.91 Å². The van der Waals surface area contributed by atoms with Gasteiger partial charge in [-0.15, -0.1) is 0 Å². The molecule has 17 heavy (non-hydrogen) atoms. The summed E-state index contributed by atoms with van der Waals surface area (Å²) in [4.78, 5) is 16.0. The first-order chi connectivity index (χ1) is 7.97. The number of carbonyl (C=O) groups excluding carboxylic acids is 1. The van der Waals surface area contributed by atoms with Gasteiger partial charge in [0.05, 0.1) is 6.54 Å². The Bertz CT molecular complexity index is 273. The van der Waals surface area contributed by atoms with Gasteiger partial charge in [-0.3, -0.25) is 14.6 Å². The van der Waals surface area contributed by atoms with E-state index in [-0.39, 0.29) is 11.9 Å². The highest BCUT2D eigenvalue weighted by atomic mass is 35.5. The molecule has 0 aromatic heterocycles. The van der Waals surface area contributed by atoms with Crippen molar-refractivity contribution in [3.63, 3.8) is 0 Å². The number of hydrogen-bond donors (Lipinski definition) is 1. The molecule has 0 radical (unpaired) electrons. The molecule has 0 unspecified atom stereocenters. The summed E-state index contributed by atoms with van der Waals surface area (Å²) in [5.74, 6) is 0.107. The van der Waals surface area contributed by atoms with Crippen molar-refractivity contribution in [2.24, 2.45) is 0 Å². The van der Waals surface area contributed by atoms with Crippen LogP contribution in [0.5, 0.6) is 0 Å². The minimum Gasteiger partial charge on any atom is -0.353 e. The second-order valence-electron chi connectivity index (χ2n) is 4.79. The van der Waals surface area contributed by atoms with Crippen LogP contribution < -0.4 is 5.32 Å². The number of piperazine rings is 1. The molecule has 1 saturated heterocycles. The maximum absolute atomic E-state index is 11.6. The first-order valence-corrected chi connectivity index (χ1v) is 6.42. The van der Waals surface area contributed by atoms with Gasteiger partial charge in [-0.05, 0) is 13.8 Å². The zero-order chi connectivity index (χ0) is 12.8. The third-order valence-electron chi connectivity index (χ3n) is 2.68. The van der Waals surface area contributed by atoms with Crippen molar-refractivity contribution >= 4 is 17.5 Å². The maximum Gasteiger partial charge on any atom is 0.234 e. The highest BCUT2D eigenvalue weighted by Crippen LogP contribution is 2.06. The van der Waals surface area contributed by atoms with Crippen molar-refractivity contribution in [1.82, 2.24) is 15.1 Å². The molecule has 1 heterocycles. The largest absolute Gasteiger partial charge is 0.353 e. The highest BCUT2D eigenvalue weighted by molar-refractivity contribution is 6.29. The zero-order valence-corrected chi connectivity index (χ0v) is 11.5. The molecule has 5 heteroatoms. The molecule has 1 rings (SSSR count). The Hall–Kier alpha value is -0.580. The van der Waals surface area contributed by atoms with Crippen LogP contribution in [0.4, 0.5) is 0 Å². The zero-order valence-electron chi connectivity index (χ0n) is 10.7. The lowest BCUT2D eigenvalue weighted by atomic mass is 10.3. The monoisotopic (exact) mass is 259 g/mol. The topological polar surface area (TPSA) is 35.6 Å². The van der Waals surface area contributed by atoms with Crippen molar-refractivity contribution in [3.05, 3.63) is 11.6 Å². The van der Waals surface area contributed by atoms with Crippen molar-refractivity contribution in [1.29, 1.82) is 0 Å². The number of carbonyl (C=O) groups is 1. The average Bonchev–Trinajstić information content (AvgIpc) is 2.18. The number of hydrogen-bond acceptors (Lipinski definition) is 3. The summed E-state index contributed by atoms with van der Waals surface area (Å²) < 4.78 is 0. The third-order valence-corrected chi connectivity index (χ3v) is 2.80. The molecule has 0 aromatic carbocycles. The lowest BCUT2D eigenvalue weighted by molar-refractivity contribution is -0.123. The number of nitrogens with one attached hydrogen (secondary N) is 1. The molecular formula is C12H22ClN3O. The lowest BCUT2D eigenvalue weighted by Gasteiger charge is -2.34. The Morgan fingerprint density at radius 3 is 2.12 bits per heavy atom. The van der Waals surface area contributed by atoms with Gasteiger partial charge in [0.25, 0.3) is 0 Å². The Morgan fingerprint density at radius 1 is 1.24 bits per heavy atom. The summed E-state index contributed by atoms with van der Waals surface area (Å²) in [5, 5.41) is 3.58. The average molecular weight is 260 g/mol. The lowest BCUT2D eigenvalue weighted by Crippen LogP contribution is -2.50. The maximum atomic E-state index is 11.6. The molecule has 0 aromatic rings. The molecule has 0 spiro atoms. The van der Waals surface area contributed by atoms with Crippen LogP contribution in [0.2, 0.25) is 0 Å². The van der Waals surface area contributed by atoms with E-state index in [4.69, 9.17) is 11.6 Å². The fourth-order valence-electron chi connectivity index (χ4n) is 1.92. The predicted molar refractivity (Wildman–Crippen MR) is 71.2 cm³/mol. The molecule has 1 N–H and O–H groups in total. The second-order valence-corrected chi connectivity index (χ2v) is 5.33. The van der Waals surface area contributed by atoms with Gasteiger partial charge < -0.3 is 5.32 Å². The van der Waals surface area contributed by atoms with Crippen molar-refractivity contribution in [3.8, 4) is 0 Å². The smallest absolute Gasteiger partial charge is 0.234 e. The van der Waals surface area contributed by atoms with E-state index in [0.29, 0.717) is 11.6 Å². The van der Waals surface area contributed by atoms with Crippen molar-refractivity contribution in [2.45, 2.75) is 19.9 Å². The molecule has 1 fully saturated rings. The van der Waals surface area contributed by atoms with Crippen LogP contribution in [0.1, 0.15) is 13.8 Å². The quantitative estimate of drug-likeness (QED) is 0.796. The van der Waals surface area contributed by atoms with Crippen molar-refractivity contribution < 1.29 is 4.79 Å². The van der Waals surface area contributed by atoms with Gasteiger partial charge in [0.15, 0.2) is 0 Å². The number of halogens is 1. The molecule has 0 saturated carbocycles. The fourth-order valence-corrected chi connectivity index (χ4v) is 2.09. The van der Waals surface area contributed by atoms with Crippen LogP contribution in [0, 0.1) is 0 Å². The molecule has 1 aliphatic heterocycles. The SMILES string of the molecule is C=C(Cl)CN1CCN(CC(=O)NC(C)C)CC1. The van der Waals surface area contributed by atoms with E-state index in [2.05, 4.69) is 21.7 Å². The van der Waals surface area contributed by atoms with E-state index in [0.717, 1.165) is 32.7 Å². The summed E-state index contributed by atoms with van der Waals surface area (Å²) in [6.07, 6.45) is 0. The Kier molecular flexibility index (Phi) is 5.95. The van der Waals surface area contributed by atoms with Gasteiger partial charge in [-0.1, -0.05) is 18.2 Å². The standard InChI is InChI=1S/C12H22ClN3O/c1-10(2)14-12(17)9-16-6-4-15(5-7-16)8-11(3)13/h10H,3-9H2,1-2H3,(H,14,17). The first kappa shape index (κ1) is 14.5. The predicted octanol–water partition coefficient (Wildman–Crippen LogP) is 0.881. The molecule has 0 bridgehead atoms. The summed E-state index contributed by atoms with van der Waals surface area (Å²) in [7, 11) is 0. The van der Waals surface area contributed by atoms with Crippen molar-refractivity contribution in [2.75, 3.05) is 39.3 Å². The molecule has 98 valence electrons. The number of rotatable bonds is 5. The van der Waals surface area contributed by atoms with Gasteiger partial charge in [0, 0.05) is 43.8 Å². The first-order valence-electron chi connectivity index (χ1n) is 6.04. The minimum absolute atomic E-state index is 0.107. The molecule has 0 aliphatic carbocycles. The molecule has 0 atom stereocenters. The van der Waals surface area contributed by atoms with Gasteiger partial charge in [-0.25, -0.2) is 0 Å². The van der Waals surface area contributed by atoms with E-state index in [9.17, 15) is 4.79 Å². The number of amides is 1. The fraction of sp³-hybridized carbons (Fsp3) is 0.750. The van der Waals surface area contributed by atoms with Crippen LogP contribution in [0.3, 0.4) is 0 Å². The number of nitrogens with zero attached hydrogens (tertiary/aromatic N) is 2. The minimum atomic E-state index is 0.107. The van der Waals surface area contributed by atoms with Crippen LogP contribution in [-0.2, 0) is 4.79 Å². The Labute approximate surface area is 109 Å². The molecular weight excluding hydrogens is 238 g/mol. The van der Waals surface area contributed by atoms with E-state index < -0.39 is 0 Å². The van der Waals surface area contributed by atoms with E-state index in [1.54, 1.807) is 0 Å². The highest BCUT2D eigenvalue weighted by Gasteiger charge is 2.18. The van der Waals surface area contributed by atoms with E-state index in [1.165, 1.54) is 0 Å². The van der Waals surface area contributed by atoms with Crippen LogP contribution in [0.25, 0.3) is 0 Å². The van der Waals surface area contributed by atoms with Gasteiger partial charge >= 0.3 is 0 Å². The van der Waals surface area contributed by atoms with Crippen LogP contribution in [0.15, 0.2) is 11.6 Å². The molecule has 1 aliphatic rings. The summed E-state index contributed by atoms with van der Waals surface area (Å²) >= 11 is 5.78. The summed E-state index contributed by atoms with van der Waals surface area (Å²) in [5.41, 5.74) is 0. The summed E-state index contributed by atoms with van der Waals surface area (Å²) in [6, 6.07) is 0.211.